The maximum absolute atomic E-state index is 12.6. The molecule has 2 atom stereocenters. The van der Waals surface area contributed by atoms with Crippen molar-refractivity contribution in [2.75, 3.05) is 86.8 Å². The van der Waals surface area contributed by atoms with Crippen LogP contribution in [0, 0.1) is 84.4 Å². The molecule has 10 heterocycles. The van der Waals surface area contributed by atoms with E-state index in [2.05, 4.69) is 96.4 Å². The Morgan fingerprint density at radius 2 is 0.786 bits per heavy atom. The lowest BCUT2D eigenvalue weighted by atomic mass is 9.86. The molecule has 8 fully saturated rings. The minimum atomic E-state index is -0.621. The van der Waals surface area contributed by atoms with Crippen LogP contribution in [0.25, 0.3) is 34.6 Å². The molecule has 22 heteroatoms. The Balaban J connectivity index is 0.000000128. The Morgan fingerprint density at radius 1 is 0.460 bits per heavy atom. The molecule has 2 spiro atoms. The van der Waals surface area contributed by atoms with Crippen LogP contribution in [-0.2, 0) is 70.3 Å². The summed E-state index contributed by atoms with van der Waals surface area (Å²) < 4.78 is 17.0. The highest BCUT2D eigenvalue weighted by atomic mass is 35.5. The topological polar surface area (TPSA) is 251 Å². The molecule has 21 nitrogen and oxygen atoms in total. The second-order valence-electron chi connectivity index (χ2n) is 36.9. The van der Waals surface area contributed by atoms with Crippen molar-refractivity contribution in [3.63, 3.8) is 0 Å². The van der Waals surface area contributed by atoms with Crippen LogP contribution in [0.15, 0.2) is 95.1 Å². The summed E-state index contributed by atoms with van der Waals surface area (Å²) in [5, 5.41) is 21.4. The molecular formula is C104H117ClN10O11. The molecule has 0 amide bonds. The van der Waals surface area contributed by atoms with Crippen molar-refractivity contribution in [2.45, 2.75) is 218 Å². The molecule has 8 aliphatic carbocycles. The maximum atomic E-state index is 12.6. The Hall–Kier alpha value is -10.9. The lowest BCUT2D eigenvalue weighted by Gasteiger charge is -2.43. The molecule has 5 aromatic rings. The molecule has 1 unspecified atom stereocenters. The van der Waals surface area contributed by atoms with E-state index >= 15 is 0 Å². The standard InChI is InChI=1S/C22H24N2O2.C22H26N2O2.C21H24N2O3.C20H22N2O2.C19H21ClN2O2/c1-2-16-18(25)13-15-5-6-17(21(26)14-3-4-14)23-19(15)20(16)24-11-9-22(7-8-22)10-12-24;1-4-16-18(25)13-15-5-6-17(21(26)14(2)3)23-19(15)20(16)24-11-9-22(7-8-22)10-12-24;1-5-15-18(25)13-14-7-8-16(17(24)6-2)22-19(14)20(15)23-11-9-21(3,26-4)10-12-23;1-5-15-8-7-14-13-17(23)16(6-2)19(18(14)21-15)22-11-9-20(3,24-4)10-12-22;1-4-14-15(23)12-13-6-7-16(20)21-17(13)18(14)22-10-8-19(5-2,24-3)9-11-22/h1,5-6,14,21,26H,3-4,7-13H2;1,5-6,14,21,26H,7-13H2,2-3H3;1,7-8H,6,9-13H2,2-4H3;2,5,7-8H,1,9-13H2,3-4H3;1,6-7H,5,8-12H2,2-3H3/t21-;;;;/m1..../s1. The number of hydrogen-bond donors (Lipinski definition) is 2. The summed E-state index contributed by atoms with van der Waals surface area (Å²) >= 11 is 6.09. The number of halogens is 1. The Morgan fingerprint density at radius 3 is 1.12 bits per heavy atom. The van der Waals surface area contributed by atoms with Crippen LogP contribution >= 0.6 is 11.6 Å². The number of piperidine rings is 5. The Bertz CT molecular complexity index is 5430. The van der Waals surface area contributed by atoms with E-state index in [1.54, 1.807) is 39.5 Å². The Kier molecular flexibility index (Phi) is 27.5. The molecule has 5 aromatic heterocycles. The molecule has 126 heavy (non-hydrogen) atoms. The molecule has 3 saturated carbocycles. The number of aromatic nitrogens is 5. The number of hydrogen-bond acceptors (Lipinski definition) is 21. The van der Waals surface area contributed by atoms with Gasteiger partial charge in [0, 0.05) is 125 Å². The monoisotopic (exact) mass is 1720 g/mol. The van der Waals surface area contributed by atoms with Crippen LogP contribution in [0.1, 0.15) is 253 Å². The van der Waals surface area contributed by atoms with E-state index in [4.69, 9.17) is 67.9 Å². The van der Waals surface area contributed by atoms with Crippen LogP contribution < -0.4 is 0 Å². The van der Waals surface area contributed by atoms with E-state index in [9.17, 15) is 39.0 Å². The van der Waals surface area contributed by atoms with Gasteiger partial charge in [-0.2, -0.15) is 0 Å². The zero-order chi connectivity index (χ0) is 89.9. The van der Waals surface area contributed by atoms with Gasteiger partial charge in [0.15, 0.2) is 34.7 Å². The van der Waals surface area contributed by atoms with Crippen LogP contribution in [-0.4, -0.2) is 198 Å². The fraction of sp³-hybridized carbons (Fsp3) is 0.490. The first-order valence-electron chi connectivity index (χ1n) is 44.8. The third-order valence-electron chi connectivity index (χ3n) is 28.7. The summed E-state index contributed by atoms with van der Waals surface area (Å²) in [7, 11) is 5.25. The van der Waals surface area contributed by atoms with E-state index in [1.165, 1.54) is 38.5 Å². The fourth-order valence-corrected chi connectivity index (χ4v) is 19.4. The minimum Gasteiger partial charge on any atom is -0.387 e. The van der Waals surface area contributed by atoms with Gasteiger partial charge in [0.25, 0.3) is 0 Å². The third kappa shape index (κ3) is 19.1. The number of nitrogens with zero attached hydrogens (tertiary/aromatic N) is 10. The number of aliphatic hydroxyl groups is 2. The van der Waals surface area contributed by atoms with Crippen LogP contribution in [0.2, 0.25) is 5.15 Å². The number of Topliss-reactive ketones (excluding diaryl/α,β-unsaturated/α-hetero) is 6. The van der Waals surface area contributed by atoms with Crippen molar-refractivity contribution in [3.8, 4) is 61.7 Å². The van der Waals surface area contributed by atoms with E-state index in [-0.39, 0.29) is 70.3 Å². The summed E-state index contributed by atoms with van der Waals surface area (Å²) in [6, 6.07) is 18.6. The highest BCUT2D eigenvalue weighted by molar-refractivity contribution is 6.29. The first-order chi connectivity index (χ1) is 60.5. The summed E-state index contributed by atoms with van der Waals surface area (Å²) in [5.74, 6) is 13.4. The SMILES string of the molecule is C#CC1=C(N2CCC(C)(OC)CC2)c2nc(C(=O)CC)ccc2CC1=O.C#CC1=C(N2CCC(C)(OC)CC2)c2nc(C=C)ccc2CC1=O.C#CC1=C(N2CCC(CC)(OC)CC2)c2nc(Cl)ccc2CC1=O.C#CC1=C(N2CCC3(CC2)CC3)c2nc(C(O)C(C)C)ccc2CC1=O.C#CC1=C(N2CCC3(CC2)CC3)c2nc([C@H](O)C3CC3)ccc2CC1=O. The summed E-state index contributed by atoms with van der Waals surface area (Å²) in [6.45, 7) is 24.2. The summed E-state index contributed by atoms with van der Waals surface area (Å²) in [6.07, 6.45) is 49.2. The zero-order valence-corrected chi connectivity index (χ0v) is 75.3. The molecule has 5 aliphatic heterocycles. The van der Waals surface area contributed by atoms with Crippen molar-refractivity contribution in [1.82, 2.24) is 49.4 Å². The molecule has 656 valence electrons. The first-order valence-corrected chi connectivity index (χ1v) is 45.2. The van der Waals surface area contributed by atoms with Gasteiger partial charge < -0.3 is 48.9 Å². The van der Waals surface area contributed by atoms with Gasteiger partial charge in [0.2, 0.25) is 0 Å². The number of fused-ring (bicyclic) bond motifs is 5. The highest BCUT2D eigenvalue weighted by Gasteiger charge is 2.49. The number of ketones is 6. The van der Waals surface area contributed by atoms with Crippen LogP contribution in [0.5, 0.6) is 0 Å². The quantitative estimate of drug-likeness (QED) is 0.0529. The van der Waals surface area contributed by atoms with Crippen molar-refractivity contribution < 1.29 is 53.2 Å². The van der Waals surface area contributed by atoms with Crippen LogP contribution in [0.3, 0.4) is 0 Å². The summed E-state index contributed by atoms with van der Waals surface area (Å²) in [4.78, 5) is 109. The van der Waals surface area contributed by atoms with E-state index in [0.717, 1.165) is 215 Å². The molecule has 5 saturated heterocycles. The second-order valence-corrected chi connectivity index (χ2v) is 37.2. The number of aliphatic hydroxyl groups excluding tert-OH is 2. The normalized spacial score (nSPS) is 21.3. The number of pyridine rings is 5. The van der Waals surface area contributed by atoms with Gasteiger partial charge in [-0.1, -0.05) is 106 Å². The number of rotatable bonds is 16. The molecular weight excluding hydrogens is 1600 g/mol. The van der Waals surface area contributed by atoms with Gasteiger partial charge in [-0.05, 0) is 210 Å². The van der Waals surface area contributed by atoms with Gasteiger partial charge in [0.1, 0.15) is 10.8 Å². The Labute approximate surface area is 747 Å². The third-order valence-corrected chi connectivity index (χ3v) is 29.0. The number of allylic oxidation sites excluding steroid dienone is 5. The average molecular weight is 1720 g/mol. The van der Waals surface area contributed by atoms with E-state index in [1.807, 2.05) is 69.3 Å². The molecule has 0 bridgehead atoms. The predicted molar refractivity (Wildman–Crippen MR) is 489 cm³/mol. The number of ether oxygens (including phenoxy) is 3. The minimum absolute atomic E-state index is 0.000617. The largest absolute Gasteiger partial charge is 0.387 e. The van der Waals surface area contributed by atoms with Gasteiger partial charge in [-0.15, -0.1) is 32.1 Å². The molecule has 13 aliphatic rings. The highest BCUT2D eigenvalue weighted by Crippen LogP contribution is 2.56. The van der Waals surface area contributed by atoms with Crippen molar-refractivity contribution in [2.24, 2.45) is 22.7 Å². The number of carbonyl (C=O) groups is 6. The number of terminal acetylenes is 5. The number of likely N-dealkylation sites (tertiary alicyclic amines) is 5. The van der Waals surface area contributed by atoms with E-state index in [0.29, 0.717) is 104 Å². The smallest absolute Gasteiger partial charge is 0.180 e. The maximum Gasteiger partial charge on any atom is 0.180 e. The predicted octanol–water partition coefficient (Wildman–Crippen LogP) is 14.4. The van der Waals surface area contributed by atoms with E-state index < -0.39 is 12.2 Å². The van der Waals surface area contributed by atoms with Gasteiger partial charge in [0.05, 0.1) is 131 Å². The molecule has 0 radical (unpaired) electrons. The lowest BCUT2D eigenvalue weighted by Crippen LogP contribution is -2.45. The van der Waals surface area contributed by atoms with Crippen molar-refractivity contribution >= 4 is 80.9 Å². The molecule has 18 rings (SSSR count). The van der Waals surface area contributed by atoms with Gasteiger partial charge >= 0.3 is 0 Å². The zero-order valence-electron chi connectivity index (χ0n) is 74.5. The van der Waals surface area contributed by atoms with Gasteiger partial charge in [-0.3, -0.25) is 28.8 Å². The first kappa shape index (κ1) is 91.3. The summed E-state index contributed by atoms with van der Waals surface area (Å²) in [5.41, 5.74) is 17.7. The number of carbonyl (C=O) groups excluding carboxylic acids is 6. The van der Waals surface area contributed by atoms with Crippen molar-refractivity contribution in [3.05, 3.63) is 179 Å². The number of methoxy groups -OCH3 is 3. The fourth-order valence-electron chi connectivity index (χ4n) is 19.2. The van der Waals surface area contributed by atoms with Crippen molar-refractivity contribution in [1.29, 1.82) is 0 Å². The lowest BCUT2D eigenvalue weighted by molar-refractivity contribution is -0.115. The van der Waals surface area contributed by atoms with Gasteiger partial charge in [-0.25, -0.2) is 24.9 Å². The molecule has 0 aromatic carbocycles. The second kappa shape index (κ2) is 38.0. The molecule has 2 N–H and O–H groups in total. The van der Waals surface area contributed by atoms with Crippen LogP contribution in [0.4, 0.5) is 0 Å². The average Bonchev–Trinajstić information content (AvgIpc) is 1.73.